The highest BCUT2D eigenvalue weighted by molar-refractivity contribution is 5.91. The van der Waals surface area contributed by atoms with E-state index in [0.717, 1.165) is 60.3 Å². The van der Waals surface area contributed by atoms with Gasteiger partial charge in [0.2, 0.25) is 5.91 Å². The monoisotopic (exact) mass is 1150 g/mol. The Kier molecular flexibility index (Phi) is 23.9. The molecule has 0 spiro atoms. The summed E-state index contributed by atoms with van der Waals surface area (Å²) in [6.07, 6.45) is -23.7. The molecule has 14 atom stereocenters. The molecular weight excluding hydrogens is 1090 g/mol. The van der Waals surface area contributed by atoms with E-state index in [2.05, 4.69) is 4.98 Å². The number of carbonyl (C=O) groups is 11. The maximum absolute atomic E-state index is 14.3. The Morgan fingerprint density at radius 1 is 0.488 bits per heavy atom. The van der Waals surface area contributed by atoms with Gasteiger partial charge in [-0.1, -0.05) is 42.5 Å². The van der Waals surface area contributed by atoms with Gasteiger partial charge in [0.1, 0.15) is 24.6 Å². The zero-order valence-corrected chi connectivity index (χ0v) is 46.4. The standard InChI is InChI=1S/C55H64N2O25/c1-28-44(82-55-51(78-37(10)66)49(77-36(9)65)47(76-35(8)64)42(79-55)26-69-30(3)59)48(80-52(67)38-19-13-11-14-20-38)50(81-53(68)39-21-15-12-16-22-39)54(71-28)70-27-41(73-32(5)61)46(75-34(7)63)45(74-33(6)62)40(72-31(4)60)25-57(29(2)58)43-23-17-18-24-56-43/h11-24,28,40-42,44-51,54-55H,25-27H2,1-10H3/t28-,40+,41+,42+,44+,45+,46+,47-,48+,49-,50-,51+,54-,55-/m0/s1. The van der Waals surface area contributed by atoms with Crippen LogP contribution in [-0.2, 0) is 109 Å². The molecule has 2 fully saturated rings. The number of benzene rings is 2. The van der Waals surface area contributed by atoms with Gasteiger partial charge in [0.25, 0.3) is 0 Å². The molecule has 0 N–H and O–H groups in total. The lowest BCUT2D eigenvalue weighted by atomic mass is 9.96. The smallest absolute Gasteiger partial charge is 0.338 e. The van der Waals surface area contributed by atoms with Gasteiger partial charge in [-0.2, -0.15) is 0 Å². The molecule has 27 heteroatoms. The molecule has 2 saturated heterocycles. The second kappa shape index (κ2) is 30.4. The molecule has 82 heavy (non-hydrogen) atoms. The summed E-state index contributed by atoms with van der Waals surface area (Å²) in [5, 5.41) is 0. The largest absolute Gasteiger partial charge is 0.463 e. The van der Waals surface area contributed by atoms with Crippen LogP contribution in [0.2, 0.25) is 0 Å². The van der Waals surface area contributed by atoms with Crippen molar-refractivity contribution in [2.24, 2.45) is 0 Å². The summed E-state index contributed by atoms with van der Waals surface area (Å²) in [5.41, 5.74) is -0.0912. The van der Waals surface area contributed by atoms with Crippen LogP contribution in [0, 0.1) is 0 Å². The molecule has 0 saturated carbocycles. The average molecular weight is 1150 g/mol. The fourth-order valence-corrected chi connectivity index (χ4v) is 8.73. The van der Waals surface area contributed by atoms with Crippen LogP contribution in [0.3, 0.4) is 0 Å². The van der Waals surface area contributed by atoms with Gasteiger partial charge in [-0.3, -0.25) is 48.1 Å². The number of esters is 10. The Bertz CT molecular complexity index is 2730. The van der Waals surface area contributed by atoms with Gasteiger partial charge in [0.15, 0.2) is 67.5 Å². The normalized spacial score (nSPS) is 23.5. The summed E-state index contributed by atoms with van der Waals surface area (Å²) < 4.78 is 82.7. The van der Waals surface area contributed by atoms with Gasteiger partial charge >= 0.3 is 59.7 Å². The first-order valence-corrected chi connectivity index (χ1v) is 25.5. The van der Waals surface area contributed by atoms with E-state index in [1.54, 1.807) is 24.3 Å². The first kappa shape index (κ1) is 64.4. The number of carbonyl (C=O) groups excluding carboxylic acids is 11. The molecule has 27 nitrogen and oxygen atoms in total. The summed E-state index contributed by atoms with van der Waals surface area (Å²) in [6.45, 7) is 8.36. The molecule has 3 aromatic rings. The number of aromatic nitrogens is 1. The molecule has 0 aliphatic carbocycles. The van der Waals surface area contributed by atoms with Crippen molar-refractivity contribution in [2.45, 2.75) is 155 Å². The van der Waals surface area contributed by atoms with Crippen LogP contribution in [0.25, 0.3) is 0 Å². The van der Waals surface area contributed by atoms with Gasteiger partial charge < -0.3 is 66.3 Å². The fourth-order valence-electron chi connectivity index (χ4n) is 8.73. The number of nitrogens with zero attached hydrogens (tertiary/aromatic N) is 2. The Balaban J connectivity index is 1.67. The van der Waals surface area contributed by atoms with E-state index in [1.165, 1.54) is 74.6 Å². The van der Waals surface area contributed by atoms with Crippen LogP contribution in [0.15, 0.2) is 85.1 Å². The van der Waals surface area contributed by atoms with Gasteiger partial charge in [0, 0.05) is 68.5 Å². The zero-order chi connectivity index (χ0) is 60.4. The second-order valence-electron chi connectivity index (χ2n) is 18.4. The molecule has 1 amide bonds. The minimum atomic E-state index is -1.97. The molecule has 1 aromatic heterocycles. The van der Waals surface area contributed by atoms with E-state index in [-0.39, 0.29) is 16.9 Å². The van der Waals surface area contributed by atoms with E-state index in [9.17, 15) is 52.7 Å². The quantitative estimate of drug-likeness (QED) is 0.0919. The molecule has 0 bridgehead atoms. The Morgan fingerprint density at radius 2 is 0.951 bits per heavy atom. The molecule has 2 aliphatic rings. The first-order valence-electron chi connectivity index (χ1n) is 25.5. The lowest BCUT2D eigenvalue weighted by Crippen LogP contribution is -2.66. The van der Waals surface area contributed by atoms with Crippen LogP contribution in [0.4, 0.5) is 5.82 Å². The summed E-state index contributed by atoms with van der Waals surface area (Å²) >= 11 is 0. The Hall–Kier alpha value is -8.40. The Labute approximate surface area is 470 Å². The van der Waals surface area contributed by atoms with Crippen LogP contribution >= 0.6 is 0 Å². The van der Waals surface area contributed by atoms with Gasteiger partial charge in [0.05, 0.1) is 30.4 Å². The van der Waals surface area contributed by atoms with E-state index >= 15 is 0 Å². The number of rotatable bonds is 24. The third kappa shape index (κ3) is 18.8. The van der Waals surface area contributed by atoms with Crippen LogP contribution in [0.1, 0.15) is 90.0 Å². The SMILES string of the molecule is CC(=O)OC[C@H]1O[C@@H](O[C@H]2[C@@H](OC(=O)c3ccccc3)[C@H](OC(=O)c3ccccc3)[C@@H](OC[C@@H](OC(C)=O)[C@@H](OC(C)=O)[C@H](OC(C)=O)[C@@H](CN(C(C)=O)c3ccccn3)OC(C)=O)O[C@H]2C)[C@H](OC(C)=O)[C@@H](OC(C)=O)[C@H]1OC(C)=O. The third-order valence-electron chi connectivity index (χ3n) is 11.9. The van der Waals surface area contributed by atoms with Crippen molar-refractivity contribution >= 4 is 71.4 Å². The molecule has 2 aliphatic heterocycles. The number of ether oxygens (including phenoxy) is 14. The van der Waals surface area contributed by atoms with Crippen molar-refractivity contribution in [1.82, 2.24) is 4.98 Å². The van der Waals surface area contributed by atoms with Crippen molar-refractivity contribution in [3.8, 4) is 0 Å². The fraction of sp³-hybridized carbons (Fsp3) is 0.491. The number of hydrogen-bond donors (Lipinski definition) is 0. The summed E-state index contributed by atoms with van der Waals surface area (Å²) in [5.74, 6) is -10.4. The average Bonchev–Trinajstić information content (AvgIpc) is 2.34. The maximum Gasteiger partial charge on any atom is 0.338 e. The van der Waals surface area contributed by atoms with Crippen LogP contribution in [-0.4, -0.2) is 176 Å². The van der Waals surface area contributed by atoms with E-state index in [4.69, 9.17) is 66.3 Å². The lowest BCUT2D eigenvalue weighted by molar-refractivity contribution is -0.356. The van der Waals surface area contributed by atoms with E-state index in [1.807, 2.05) is 0 Å². The van der Waals surface area contributed by atoms with Crippen molar-refractivity contribution in [3.63, 3.8) is 0 Å². The number of hydrogen-bond acceptors (Lipinski definition) is 26. The zero-order valence-electron chi connectivity index (χ0n) is 46.4. The van der Waals surface area contributed by atoms with Gasteiger partial charge in [-0.15, -0.1) is 0 Å². The van der Waals surface area contributed by atoms with E-state index < -0.39 is 171 Å². The molecule has 2 aromatic carbocycles. The molecule has 444 valence electrons. The molecular formula is C55H64N2O25. The first-order chi connectivity index (χ1) is 38.8. The van der Waals surface area contributed by atoms with Gasteiger partial charge in [-0.25, -0.2) is 14.6 Å². The Morgan fingerprint density at radius 3 is 1.44 bits per heavy atom. The van der Waals surface area contributed by atoms with E-state index in [0.29, 0.717) is 0 Å². The number of amides is 1. The highest BCUT2D eigenvalue weighted by Crippen LogP contribution is 2.36. The predicted molar refractivity (Wildman–Crippen MR) is 273 cm³/mol. The van der Waals surface area contributed by atoms with Crippen molar-refractivity contribution in [3.05, 3.63) is 96.2 Å². The molecule has 3 heterocycles. The molecule has 5 rings (SSSR count). The summed E-state index contributed by atoms with van der Waals surface area (Å²) in [7, 11) is 0. The second-order valence-corrected chi connectivity index (χ2v) is 18.4. The highest BCUT2D eigenvalue weighted by atomic mass is 16.8. The van der Waals surface area contributed by atoms with Crippen molar-refractivity contribution in [1.29, 1.82) is 0 Å². The third-order valence-corrected chi connectivity index (χ3v) is 11.9. The highest BCUT2D eigenvalue weighted by Gasteiger charge is 2.57. The predicted octanol–water partition coefficient (Wildman–Crippen LogP) is 2.84. The topological polar surface area (TPSA) is 333 Å². The minimum absolute atomic E-state index is 0.0392. The van der Waals surface area contributed by atoms with Crippen molar-refractivity contribution < 1.29 is 119 Å². The number of anilines is 1. The van der Waals surface area contributed by atoms with Crippen LogP contribution < -0.4 is 4.90 Å². The molecule has 0 radical (unpaired) electrons. The lowest BCUT2D eigenvalue weighted by Gasteiger charge is -2.48. The van der Waals surface area contributed by atoms with Crippen LogP contribution in [0.5, 0.6) is 0 Å². The summed E-state index contributed by atoms with van der Waals surface area (Å²) in [4.78, 5) is 149. The minimum Gasteiger partial charge on any atom is -0.463 e. The number of pyridine rings is 1. The van der Waals surface area contributed by atoms with Gasteiger partial charge in [-0.05, 0) is 43.3 Å². The summed E-state index contributed by atoms with van der Waals surface area (Å²) in [6, 6.07) is 19.5. The van der Waals surface area contributed by atoms with Crippen molar-refractivity contribution in [2.75, 3.05) is 24.7 Å². The molecule has 0 unspecified atom stereocenters. The maximum atomic E-state index is 14.3.